The zero-order valence-corrected chi connectivity index (χ0v) is 10.9. The Morgan fingerprint density at radius 1 is 1.28 bits per heavy atom. The molecule has 18 heavy (non-hydrogen) atoms. The van der Waals surface area contributed by atoms with E-state index in [1.165, 1.54) is 6.92 Å². The zero-order valence-electron chi connectivity index (χ0n) is 10.0. The molecule has 0 unspecified atom stereocenters. The van der Waals surface area contributed by atoms with Gasteiger partial charge >= 0.3 is 0 Å². The molecular weight excluding hydrogens is 254 g/mol. The third-order valence-electron chi connectivity index (χ3n) is 3.19. The Labute approximate surface area is 106 Å². The molecule has 0 spiro atoms. The van der Waals surface area contributed by atoms with Gasteiger partial charge in [-0.25, -0.2) is 0 Å². The third-order valence-corrected chi connectivity index (χ3v) is 4.36. The van der Waals surface area contributed by atoms with Gasteiger partial charge in [0.2, 0.25) is 5.91 Å². The second kappa shape index (κ2) is 4.70. The highest BCUT2D eigenvalue weighted by Crippen LogP contribution is 2.26. The van der Waals surface area contributed by atoms with Crippen molar-refractivity contribution in [3.05, 3.63) is 29.8 Å². The Morgan fingerprint density at radius 3 is 2.33 bits per heavy atom. The summed E-state index contributed by atoms with van der Waals surface area (Å²) >= 11 is 0. The van der Waals surface area contributed by atoms with Crippen LogP contribution in [0.1, 0.15) is 30.6 Å². The molecule has 0 radical (unpaired) electrons. The lowest BCUT2D eigenvalue weighted by Gasteiger charge is -2.16. The number of anilines is 1. The lowest BCUT2D eigenvalue weighted by Crippen LogP contribution is -2.23. The predicted molar refractivity (Wildman–Crippen MR) is 68.0 cm³/mol. The Kier molecular flexibility index (Phi) is 3.41. The first-order chi connectivity index (χ1) is 8.39. The highest BCUT2D eigenvalue weighted by molar-refractivity contribution is 7.86. The van der Waals surface area contributed by atoms with Crippen LogP contribution in [0.4, 0.5) is 5.69 Å². The molecule has 1 aliphatic heterocycles. The van der Waals surface area contributed by atoms with E-state index < -0.39 is 15.4 Å². The summed E-state index contributed by atoms with van der Waals surface area (Å²) in [6.07, 6.45) is 1.41. The first-order valence-corrected chi connectivity index (χ1v) is 7.26. The molecule has 0 saturated carbocycles. The Bertz CT molecular complexity index is 550. The van der Waals surface area contributed by atoms with Crippen LogP contribution in [0.2, 0.25) is 0 Å². The molecule has 1 heterocycles. The van der Waals surface area contributed by atoms with Crippen molar-refractivity contribution in [3.8, 4) is 0 Å². The maximum absolute atomic E-state index is 11.5. The van der Waals surface area contributed by atoms with E-state index in [1.54, 1.807) is 29.2 Å². The molecular formula is C12H15NO4S. The van der Waals surface area contributed by atoms with Gasteiger partial charge in [-0.3, -0.25) is 9.35 Å². The van der Waals surface area contributed by atoms with Gasteiger partial charge in [0.05, 0.1) is 0 Å². The fraction of sp³-hybridized carbons (Fsp3) is 0.417. The molecule has 1 amide bonds. The van der Waals surface area contributed by atoms with Crippen LogP contribution in [0.5, 0.6) is 0 Å². The number of rotatable bonds is 3. The number of hydrogen-bond donors (Lipinski definition) is 1. The fourth-order valence-electron chi connectivity index (χ4n) is 2.02. The van der Waals surface area contributed by atoms with Crippen LogP contribution in [-0.4, -0.2) is 25.4 Å². The minimum Gasteiger partial charge on any atom is -0.312 e. The maximum Gasteiger partial charge on any atom is 0.271 e. The van der Waals surface area contributed by atoms with Crippen LogP contribution in [-0.2, 0) is 14.9 Å². The van der Waals surface area contributed by atoms with Gasteiger partial charge in [0, 0.05) is 18.7 Å². The molecule has 1 aliphatic rings. The van der Waals surface area contributed by atoms with Crippen molar-refractivity contribution < 1.29 is 17.8 Å². The smallest absolute Gasteiger partial charge is 0.271 e. The number of amides is 1. The molecule has 1 atom stereocenters. The summed E-state index contributed by atoms with van der Waals surface area (Å²) in [4.78, 5) is 13.2. The normalized spacial score (nSPS) is 18.1. The molecule has 1 aromatic carbocycles. The number of hydrogen-bond acceptors (Lipinski definition) is 3. The number of benzene rings is 1. The molecule has 6 heteroatoms. The zero-order chi connectivity index (χ0) is 13.3. The van der Waals surface area contributed by atoms with Gasteiger partial charge in [0.1, 0.15) is 5.25 Å². The van der Waals surface area contributed by atoms with Crippen LogP contribution < -0.4 is 4.90 Å². The summed E-state index contributed by atoms with van der Waals surface area (Å²) in [7, 11) is -4.08. The minimum atomic E-state index is -4.08. The molecule has 0 aromatic heterocycles. The van der Waals surface area contributed by atoms with Crippen LogP contribution in [0.15, 0.2) is 24.3 Å². The van der Waals surface area contributed by atoms with E-state index in [9.17, 15) is 13.2 Å². The summed E-state index contributed by atoms with van der Waals surface area (Å²) in [6.45, 7) is 2.12. The van der Waals surface area contributed by atoms with Gasteiger partial charge < -0.3 is 4.90 Å². The van der Waals surface area contributed by atoms with Crippen molar-refractivity contribution >= 4 is 21.7 Å². The summed E-state index contributed by atoms with van der Waals surface area (Å²) in [5.74, 6) is 0.0885. The minimum absolute atomic E-state index is 0.0885. The SMILES string of the molecule is C[C@H](c1ccc(N2CCCC2=O)cc1)S(=O)(=O)O. The Hall–Kier alpha value is -1.40. The van der Waals surface area contributed by atoms with E-state index in [4.69, 9.17) is 4.55 Å². The Balaban J connectivity index is 2.23. The molecule has 0 aliphatic carbocycles. The van der Waals surface area contributed by atoms with Gasteiger partial charge in [-0.2, -0.15) is 8.42 Å². The van der Waals surface area contributed by atoms with Crippen molar-refractivity contribution in [2.75, 3.05) is 11.4 Å². The summed E-state index contributed by atoms with van der Waals surface area (Å²) < 4.78 is 31.0. The highest BCUT2D eigenvalue weighted by atomic mass is 32.2. The molecule has 5 nitrogen and oxygen atoms in total. The number of nitrogens with zero attached hydrogens (tertiary/aromatic N) is 1. The third kappa shape index (κ3) is 2.54. The largest absolute Gasteiger partial charge is 0.312 e. The summed E-state index contributed by atoms with van der Waals surface area (Å²) in [5, 5.41) is -0.958. The molecule has 1 N–H and O–H groups in total. The first kappa shape index (κ1) is 13.0. The van der Waals surface area contributed by atoms with Crippen molar-refractivity contribution in [2.45, 2.75) is 25.0 Å². The quantitative estimate of drug-likeness (QED) is 0.848. The predicted octanol–water partition coefficient (Wildman–Crippen LogP) is 1.76. The topological polar surface area (TPSA) is 74.7 Å². The van der Waals surface area contributed by atoms with E-state index in [2.05, 4.69) is 0 Å². The second-order valence-corrected chi connectivity index (χ2v) is 6.13. The van der Waals surface area contributed by atoms with Crippen LogP contribution in [0.3, 0.4) is 0 Å². The van der Waals surface area contributed by atoms with E-state index in [0.29, 0.717) is 18.5 Å². The van der Waals surface area contributed by atoms with E-state index in [-0.39, 0.29) is 5.91 Å². The van der Waals surface area contributed by atoms with E-state index >= 15 is 0 Å². The molecule has 1 saturated heterocycles. The monoisotopic (exact) mass is 269 g/mol. The molecule has 1 fully saturated rings. The number of carbonyl (C=O) groups is 1. The van der Waals surface area contributed by atoms with Gasteiger partial charge in [0.15, 0.2) is 0 Å². The second-order valence-electron chi connectivity index (χ2n) is 4.40. The molecule has 0 bridgehead atoms. The van der Waals surface area contributed by atoms with Crippen molar-refractivity contribution in [1.29, 1.82) is 0 Å². The van der Waals surface area contributed by atoms with E-state index in [1.807, 2.05) is 0 Å². The Morgan fingerprint density at radius 2 is 1.89 bits per heavy atom. The lowest BCUT2D eigenvalue weighted by molar-refractivity contribution is -0.117. The average molecular weight is 269 g/mol. The van der Waals surface area contributed by atoms with Crippen molar-refractivity contribution in [2.24, 2.45) is 0 Å². The fourth-order valence-corrected chi connectivity index (χ4v) is 2.52. The molecule has 1 aromatic rings. The summed E-state index contributed by atoms with van der Waals surface area (Å²) in [6, 6.07) is 6.67. The highest BCUT2D eigenvalue weighted by Gasteiger charge is 2.23. The van der Waals surface area contributed by atoms with E-state index in [0.717, 1.165) is 12.1 Å². The molecule has 98 valence electrons. The maximum atomic E-state index is 11.5. The summed E-state index contributed by atoms with van der Waals surface area (Å²) in [5.41, 5.74) is 1.27. The standard InChI is InChI=1S/C12H15NO4S/c1-9(18(15,16)17)10-4-6-11(7-5-10)13-8-2-3-12(13)14/h4-7,9H,2-3,8H2,1H3,(H,15,16,17)/t9-/m1/s1. The van der Waals surface area contributed by atoms with Crippen molar-refractivity contribution in [3.63, 3.8) is 0 Å². The lowest BCUT2D eigenvalue weighted by atomic mass is 10.1. The van der Waals surface area contributed by atoms with Gasteiger partial charge in [0.25, 0.3) is 10.1 Å². The number of carbonyl (C=O) groups excluding carboxylic acids is 1. The average Bonchev–Trinajstić information content (AvgIpc) is 2.73. The van der Waals surface area contributed by atoms with Gasteiger partial charge in [-0.15, -0.1) is 0 Å². The van der Waals surface area contributed by atoms with Gasteiger partial charge in [-0.1, -0.05) is 12.1 Å². The van der Waals surface area contributed by atoms with Crippen LogP contribution in [0.25, 0.3) is 0 Å². The van der Waals surface area contributed by atoms with Crippen LogP contribution in [0, 0.1) is 0 Å². The first-order valence-electron chi connectivity index (χ1n) is 5.76. The van der Waals surface area contributed by atoms with Crippen molar-refractivity contribution in [1.82, 2.24) is 0 Å². The molecule has 2 rings (SSSR count). The van der Waals surface area contributed by atoms with Crippen LogP contribution >= 0.6 is 0 Å². The van der Waals surface area contributed by atoms with Gasteiger partial charge in [-0.05, 0) is 31.0 Å².